The summed E-state index contributed by atoms with van der Waals surface area (Å²) in [4.78, 5) is 0. The van der Waals surface area contributed by atoms with Gasteiger partial charge in [-0.25, -0.2) is 13.1 Å². The number of hydrogen-bond donors (Lipinski definition) is 1. The molecule has 0 saturated heterocycles. The van der Waals surface area contributed by atoms with Gasteiger partial charge in [-0.3, -0.25) is 0 Å². The van der Waals surface area contributed by atoms with Crippen LogP contribution in [-0.4, -0.2) is 27.2 Å². The molecular formula is C12H18ClNO3S. The second-order valence-electron chi connectivity index (χ2n) is 3.94. The van der Waals surface area contributed by atoms with E-state index in [0.717, 1.165) is 5.56 Å². The Morgan fingerprint density at radius 1 is 1.39 bits per heavy atom. The number of halogens is 1. The maximum Gasteiger partial charge on any atom is 0.212 e. The lowest BCUT2D eigenvalue weighted by Crippen LogP contribution is -2.29. The number of alkyl halides is 1. The van der Waals surface area contributed by atoms with Gasteiger partial charge in [0.1, 0.15) is 5.75 Å². The predicted octanol–water partition coefficient (Wildman–Crippen LogP) is 2.30. The first-order valence-electron chi connectivity index (χ1n) is 5.69. The third kappa shape index (κ3) is 4.48. The Kier molecular flexibility index (Phi) is 5.91. The van der Waals surface area contributed by atoms with E-state index in [1.54, 1.807) is 20.1 Å². The molecule has 0 radical (unpaired) electrons. The van der Waals surface area contributed by atoms with Gasteiger partial charge in [-0.15, -0.1) is 11.6 Å². The number of nitrogens with one attached hydrogen (secondary N) is 1. The van der Waals surface area contributed by atoms with E-state index >= 15 is 0 Å². The quantitative estimate of drug-likeness (QED) is 0.784. The summed E-state index contributed by atoms with van der Waals surface area (Å²) < 4.78 is 31.3. The van der Waals surface area contributed by atoms with Crippen LogP contribution >= 0.6 is 11.6 Å². The summed E-state index contributed by atoms with van der Waals surface area (Å²) in [5.74, 6) is 1.05. The average molecular weight is 292 g/mol. The van der Waals surface area contributed by atoms with Crippen LogP contribution in [0.4, 0.5) is 0 Å². The van der Waals surface area contributed by atoms with Gasteiger partial charge in [0, 0.05) is 17.5 Å². The molecule has 4 nitrogen and oxygen atoms in total. The summed E-state index contributed by atoms with van der Waals surface area (Å²) >= 11 is 5.50. The summed E-state index contributed by atoms with van der Waals surface area (Å²) in [6.07, 6.45) is 0.440. The molecule has 0 fully saturated rings. The van der Waals surface area contributed by atoms with E-state index in [4.69, 9.17) is 16.3 Å². The van der Waals surface area contributed by atoms with Gasteiger partial charge in [-0.1, -0.05) is 18.2 Å². The smallest absolute Gasteiger partial charge is 0.212 e. The predicted molar refractivity (Wildman–Crippen MR) is 73.7 cm³/mol. The molecule has 0 heterocycles. The third-order valence-corrected chi connectivity index (χ3v) is 4.31. The van der Waals surface area contributed by atoms with Crippen LogP contribution in [0.3, 0.4) is 0 Å². The highest BCUT2D eigenvalue weighted by molar-refractivity contribution is 7.89. The fourth-order valence-corrected chi connectivity index (χ4v) is 3.26. The number of methoxy groups -OCH3 is 1. The minimum absolute atomic E-state index is 0.0377. The first kappa shape index (κ1) is 15.3. The number of hydrogen-bond acceptors (Lipinski definition) is 3. The Hall–Kier alpha value is -0.780. The summed E-state index contributed by atoms with van der Waals surface area (Å²) in [5, 5.41) is 0. The SMILES string of the molecule is COc1ccccc1C(C)NS(=O)(=O)CCCCl. The zero-order chi connectivity index (χ0) is 13.6. The number of rotatable bonds is 7. The van der Waals surface area contributed by atoms with Crippen LogP contribution in [0.15, 0.2) is 24.3 Å². The Balaban J connectivity index is 2.79. The van der Waals surface area contributed by atoms with E-state index in [1.165, 1.54) is 0 Å². The second kappa shape index (κ2) is 6.97. The summed E-state index contributed by atoms with van der Waals surface area (Å²) in [5.41, 5.74) is 0.814. The van der Waals surface area contributed by atoms with Gasteiger partial charge in [0.2, 0.25) is 10.0 Å². The number of sulfonamides is 1. The lowest BCUT2D eigenvalue weighted by molar-refractivity contribution is 0.405. The minimum atomic E-state index is -3.31. The van der Waals surface area contributed by atoms with Crippen molar-refractivity contribution < 1.29 is 13.2 Å². The van der Waals surface area contributed by atoms with Crippen LogP contribution in [0.2, 0.25) is 0 Å². The molecule has 1 unspecified atom stereocenters. The molecule has 0 amide bonds. The van der Waals surface area contributed by atoms with Crippen LogP contribution in [0.1, 0.15) is 24.9 Å². The molecule has 0 aliphatic rings. The van der Waals surface area contributed by atoms with Crippen molar-refractivity contribution in [2.45, 2.75) is 19.4 Å². The van der Waals surface area contributed by atoms with Gasteiger partial charge in [0.15, 0.2) is 0 Å². The monoisotopic (exact) mass is 291 g/mol. The minimum Gasteiger partial charge on any atom is -0.496 e. The van der Waals surface area contributed by atoms with Crippen LogP contribution in [0.25, 0.3) is 0 Å². The molecular weight excluding hydrogens is 274 g/mol. The zero-order valence-electron chi connectivity index (χ0n) is 10.5. The van der Waals surface area contributed by atoms with Gasteiger partial charge in [-0.05, 0) is 19.4 Å². The molecule has 1 rings (SSSR count). The molecule has 1 N–H and O–H groups in total. The lowest BCUT2D eigenvalue weighted by atomic mass is 10.1. The van der Waals surface area contributed by atoms with E-state index in [1.807, 2.05) is 18.2 Å². The van der Waals surface area contributed by atoms with Gasteiger partial charge >= 0.3 is 0 Å². The lowest BCUT2D eigenvalue weighted by Gasteiger charge is -2.17. The molecule has 102 valence electrons. The molecule has 0 saturated carbocycles. The Bertz CT molecular complexity index is 476. The maximum atomic E-state index is 11.8. The van der Waals surface area contributed by atoms with Crippen molar-refractivity contribution in [3.05, 3.63) is 29.8 Å². The fourth-order valence-electron chi connectivity index (χ4n) is 1.66. The van der Waals surface area contributed by atoms with Crippen molar-refractivity contribution in [1.29, 1.82) is 0 Å². The highest BCUT2D eigenvalue weighted by Crippen LogP contribution is 2.24. The summed E-state index contributed by atoms with van der Waals surface area (Å²) in [7, 11) is -1.74. The van der Waals surface area contributed by atoms with E-state index in [0.29, 0.717) is 18.1 Å². The Morgan fingerprint density at radius 2 is 2.06 bits per heavy atom. The largest absolute Gasteiger partial charge is 0.496 e. The zero-order valence-corrected chi connectivity index (χ0v) is 12.1. The first-order chi connectivity index (χ1) is 8.50. The van der Waals surface area contributed by atoms with Crippen LogP contribution in [0.5, 0.6) is 5.75 Å². The molecule has 1 atom stereocenters. The van der Waals surface area contributed by atoms with E-state index in [9.17, 15) is 8.42 Å². The molecule has 0 bridgehead atoms. The van der Waals surface area contributed by atoms with Gasteiger partial charge in [-0.2, -0.15) is 0 Å². The van der Waals surface area contributed by atoms with Gasteiger partial charge in [0.05, 0.1) is 12.9 Å². The number of para-hydroxylation sites is 1. The molecule has 0 aromatic heterocycles. The van der Waals surface area contributed by atoms with E-state index in [2.05, 4.69) is 4.72 Å². The topological polar surface area (TPSA) is 55.4 Å². The molecule has 1 aromatic carbocycles. The molecule has 0 spiro atoms. The van der Waals surface area contributed by atoms with E-state index in [-0.39, 0.29) is 11.8 Å². The number of ether oxygens (including phenoxy) is 1. The Labute approximate surface area is 113 Å². The molecule has 18 heavy (non-hydrogen) atoms. The van der Waals surface area contributed by atoms with Gasteiger partial charge in [0.25, 0.3) is 0 Å². The summed E-state index contributed by atoms with van der Waals surface area (Å²) in [6.45, 7) is 1.79. The van der Waals surface area contributed by atoms with Crippen molar-refractivity contribution >= 4 is 21.6 Å². The highest BCUT2D eigenvalue weighted by Gasteiger charge is 2.17. The number of benzene rings is 1. The van der Waals surface area contributed by atoms with Crippen LogP contribution in [0, 0.1) is 0 Å². The van der Waals surface area contributed by atoms with Crippen LogP contribution < -0.4 is 9.46 Å². The normalized spacial score (nSPS) is 13.3. The second-order valence-corrected chi connectivity index (χ2v) is 6.19. The third-order valence-electron chi connectivity index (χ3n) is 2.51. The molecule has 0 aliphatic carbocycles. The molecule has 0 aliphatic heterocycles. The van der Waals surface area contributed by atoms with Crippen molar-refractivity contribution in [3.63, 3.8) is 0 Å². The van der Waals surface area contributed by atoms with Crippen molar-refractivity contribution in [2.24, 2.45) is 0 Å². The van der Waals surface area contributed by atoms with Crippen molar-refractivity contribution in [3.8, 4) is 5.75 Å². The van der Waals surface area contributed by atoms with Crippen LogP contribution in [-0.2, 0) is 10.0 Å². The van der Waals surface area contributed by atoms with Gasteiger partial charge < -0.3 is 4.74 Å². The molecule has 1 aromatic rings. The van der Waals surface area contributed by atoms with E-state index < -0.39 is 10.0 Å². The van der Waals surface area contributed by atoms with Crippen molar-refractivity contribution in [2.75, 3.05) is 18.7 Å². The first-order valence-corrected chi connectivity index (χ1v) is 7.87. The molecule has 6 heteroatoms. The fraction of sp³-hybridized carbons (Fsp3) is 0.500. The highest BCUT2D eigenvalue weighted by atomic mass is 35.5. The summed E-state index contributed by atoms with van der Waals surface area (Å²) in [6, 6.07) is 7.01. The van der Waals surface area contributed by atoms with Crippen molar-refractivity contribution in [1.82, 2.24) is 4.72 Å². The standard InChI is InChI=1S/C12H18ClNO3S/c1-10(14-18(15,16)9-5-8-13)11-6-3-4-7-12(11)17-2/h3-4,6-7,10,14H,5,8-9H2,1-2H3. The Morgan fingerprint density at radius 3 is 2.67 bits per heavy atom. The maximum absolute atomic E-state index is 11.8. The average Bonchev–Trinajstić information content (AvgIpc) is 2.35.